The number of nitrogens with two attached hydrogens (primary N) is 1. The minimum Gasteiger partial charge on any atom is -0.389 e. The summed E-state index contributed by atoms with van der Waals surface area (Å²) in [6, 6.07) is 3.96. The van der Waals surface area contributed by atoms with E-state index in [2.05, 4.69) is 9.62 Å². The van der Waals surface area contributed by atoms with E-state index in [4.69, 9.17) is 18.0 Å². The van der Waals surface area contributed by atoms with Crippen LogP contribution in [0.5, 0.6) is 0 Å². The Morgan fingerprint density at radius 3 is 2.75 bits per heavy atom. The predicted octanol–water partition coefficient (Wildman–Crippen LogP) is 1.14. The lowest BCUT2D eigenvalue weighted by Crippen LogP contribution is -2.40. The lowest BCUT2D eigenvalue weighted by Gasteiger charge is -2.24. The highest BCUT2D eigenvalue weighted by molar-refractivity contribution is 7.91. The van der Waals surface area contributed by atoms with Gasteiger partial charge in [0.1, 0.15) is 9.20 Å². The van der Waals surface area contributed by atoms with Gasteiger partial charge in [0.15, 0.2) is 0 Å². The normalized spacial score (nSPS) is 17.4. The zero-order valence-corrected chi connectivity index (χ0v) is 13.9. The molecule has 1 saturated carbocycles. The first kappa shape index (κ1) is 15.8. The van der Waals surface area contributed by atoms with Crippen LogP contribution in [-0.2, 0) is 10.0 Å². The number of thiophene rings is 1. The molecule has 5 nitrogen and oxygen atoms in total. The first-order valence-electron chi connectivity index (χ1n) is 6.42. The third-order valence-electron chi connectivity index (χ3n) is 3.48. The molecule has 2 rings (SSSR count). The molecule has 20 heavy (non-hydrogen) atoms. The Morgan fingerprint density at radius 2 is 2.25 bits per heavy atom. The number of nitrogens with zero attached hydrogens (tertiary/aromatic N) is 1. The van der Waals surface area contributed by atoms with E-state index >= 15 is 0 Å². The number of hydrogen-bond acceptors (Lipinski definition) is 5. The summed E-state index contributed by atoms with van der Waals surface area (Å²) in [4.78, 5) is 3.05. The molecular weight excluding hydrogens is 314 g/mol. The summed E-state index contributed by atoms with van der Waals surface area (Å²) in [5.41, 5.74) is 5.49. The van der Waals surface area contributed by atoms with Crippen molar-refractivity contribution in [3.05, 3.63) is 17.0 Å². The molecule has 0 spiro atoms. The van der Waals surface area contributed by atoms with Gasteiger partial charge in [-0.05, 0) is 38.9 Å². The number of sulfonamides is 1. The van der Waals surface area contributed by atoms with Gasteiger partial charge in [0, 0.05) is 18.6 Å². The highest BCUT2D eigenvalue weighted by atomic mass is 32.2. The molecule has 8 heteroatoms. The average Bonchev–Trinajstić information content (AvgIpc) is 3.10. The van der Waals surface area contributed by atoms with E-state index in [1.165, 1.54) is 18.9 Å². The first-order chi connectivity index (χ1) is 9.31. The number of likely N-dealkylation sites (N-methyl/N-ethyl adjacent to an activating group) is 1. The Kier molecular flexibility index (Phi) is 4.80. The quantitative estimate of drug-likeness (QED) is 0.732. The van der Waals surface area contributed by atoms with Crippen molar-refractivity contribution in [3.63, 3.8) is 0 Å². The van der Waals surface area contributed by atoms with Crippen molar-refractivity contribution in [2.45, 2.75) is 36.1 Å². The van der Waals surface area contributed by atoms with E-state index < -0.39 is 10.0 Å². The molecule has 1 atom stereocenters. The summed E-state index contributed by atoms with van der Waals surface area (Å²) in [5, 5.41) is 0. The van der Waals surface area contributed by atoms with E-state index in [-0.39, 0.29) is 15.2 Å². The third-order valence-corrected chi connectivity index (χ3v) is 6.86. The predicted molar refractivity (Wildman–Crippen MR) is 85.6 cm³/mol. The first-order valence-corrected chi connectivity index (χ1v) is 9.13. The van der Waals surface area contributed by atoms with Crippen LogP contribution in [0.15, 0.2) is 16.3 Å². The summed E-state index contributed by atoms with van der Waals surface area (Å²) in [6.07, 6.45) is 2.41. The molecule has 3 N–H and O–H groups in total. The van der Waals surface area contributed by atoms with Crippen molar-refractivity contribution in [1.29, 1.82) is 0 Å². The van der Waals surface area contributed by atoms with Gasteiger partial charge in [0.05, 0.1) is 4.88 Å². The second kappa shape index (κ2) is 6.07. The van der Waals surface area contributed by atoms with Crippen molar-refractivity contribution in [2.75, 3.05) is 13.6 Å². The largest absolute Gasteiger partial charge is 0.389 e. The summed E-state index contributed by atoms with van der Waals surface area (Å²) < 4.78 is 27.3. The maximum atomic E-state index is 12.2. The van der Waals surface area contributed by atoms with Gasteiger partial charge in [-0.25, -0.2) is 13.1 Å². The second-order valence-corrected chi connectivity index (χ2v) is 8.60. The molecule has 112 valence electrons. The molecule has 1 unspecified atom stereocenters. The van der Waals surface area contributed by atoms with Gasteiger partial charge in [0.2, 0.25) is 10.0 Å². The van der Waals surface area contributed by atoms with Crippen LogP contribution in [0.2, 0.25) is 0 Å². The molecule has 1 heterocycles. The van der Waals surface area contributed by atoms with Crippen LogP contribution in [-0.4, -0.2) is 44.0 Å². The molecule has 1 aliphatic rings. The fourth-order valence-corrected chi connectivity index (χ4v) is 4.40. The molecule has 1 aromatic heterocycles. The maximum Gasteiger partial charge on any atom is 0.250 e. The van der Waals surface area contributed by atoms with Crippen LogP contribution in [0.3, 0.4) is 0 Å². The minimum atomic E-state index is -3.48. The zero-order chi connectivity index (χ0) is 14.9. The van der Waals surface area contributed by atoms with Crippen molar-refractivity contribution >= 4 is 38.6 Å². The van der Waals surface area contributed by atoms with Gasteiger partial charge in [-0.1, -0.05) is 12.2 Å². The van der Waals surface area contributed by atoms with Gasteiger partial charge in [-0.15, -0.1) is 11.3 Å². The highest BCUT2D eigenvalue weighted by Crippen LogP contribution is 2.27. The van der Waals surface area contributed by atoms with E-state index in [1.54, 1.807) is 6.07 Å². The lowest BCUT2D eigenvalue weighted by molar-refractivity contribution is 0.248. The van der Waals surface area contributed by atoms with Crippen molar-refractivity contribution in [2.24, 2.45) is 5.73 Å². The lowest BCUT2D eigenvalue weighted by atomic mass is 10.3. The van der Waals surface area contributed by atoms with E-state index in [0.717, 1.165) is 11.3 Å². The average molecular weight is 334 g/mol. The van der Waals surface area contributed by atoms with Crippen LogP contribution >= 0.6 is 23.6 Å². The van der Waals surface area contributed by atoms with Crippen LogP contribution in [0.1, 0.15) is 24.6 Å². The van der Waals surface area contributed by atoms with Crippen molar-refractivity contribution in [1.82, 2.24) is 9.62 Å². The van der Waals surface area contributed by atoms with Gasteiger partial charge < -0.3 is 5.73 Å². The molecule has 0 radical (unpaired) electrons. The Balaban J connectivity index is 1.97. The molecule has 0 bridgehead atoms. The SMILES string of the molecule is CC(CNS(=O)(=O)c1ccc(C(N)=S)s1)N(C)C1CC1. The maximum absolute atomic E-state index is 12.2. The monoisotopic (exact) mass is 333 g/mol. The summed E-state index contributed by atoms with van der Waals surface area (Å²) in [6.45, 7) is 2.42. The van der Waals surface area contributed by atoms with Crippen molar-refractivity contribution < 1.29 is 8.42 Å². The van der Waals surface area contributed by atoms with E-state index in [9.17, 15) is 8.42 Å². The number of hydrogen-bond donors (Lipinski definition) is 2. The molecule has 0 aromatic carbocycles. The van der Waals surface area contributed by atoms with Gasteiger partial charge in [0.25, 0.3) is 0 Å². The van der Waals surface area contributed by atoms with Gasteiger partial charge in [-0.3, -0.25) is 4.90 Å². The van der Waals surface area contributed by atoms with Gasteiger partial charge >= 0.3 is 0 Å². The Morgan fingerprint density at radius 1 is 1.60 bits per heavy atom. The fourth-order valence-electron chi connectivity index (χ4n) is 1.88. The minimum absolute atomic E-state index is 0.173. The summed E-state index contributed by atoms with van der Waals surface area (Å²) >= 11 is 5.94. The smallest absolute Gasteiger partial charge is 0.250 e. The Bertz CT molecular complexity index is 593. The second-order valence-electron chi connectivity index (χ2n) is 5.08. The van der Waals surface area contributed by atoms with Gasteiger partial charge in [-0.2, -0.15) is 0 Å². The van der Waals surface area contributed by atoms with E-state index in [0.29, 0.717) is 17.5 Å². The molecule has 1 aromatic rings. The molecule has 0 amide bonds. The number of nitrogens with one attached hydrogen (secondary N) is 1. The highest BCUT2D eigenvalue weighted by Gasteiger charge is 2.29. The third kappa shape index (κ3) is 3.76. The van der Waals surface area contributed by atoms with Crippen LogP contribution in [0.4, 0.5) is 0 Å². The standard InChI is InChI=1S/C12H19N3O2S3/c1-8(15(2)9-3-4-9)7-14-20(16,17)11-6-5-10(19-11)12(13)18/h5-6,8-9,14H,3-4,7H2,1-2H3,(H2,13,18). The summed E-state index contributed by atoms with van der Waals surface area (Å²) in [5.74, 6) is 0. The summed E-state index contributed by atoms with van der Waals surface area (Å²) in [7, 11) is -1.45. The number of rotatable bonds is 7. The fraction of sp³-hybridized carbons (Fsp3) is 0.583. The molecular formula is C12H19N3O2S3. The van der Waals surface area contributed by atoms with Crippen LogP contribution in [0.25, 0.3) is 0 Å². The zero-order valence-electron chi connectivity index (χ0n) is 11.5. The van der Waals surface area contributed by atoms with E-state index in [1.807, 2.05) is 14.0 Å². The Labute approximate surface area is 129 Å². The van der Waals surface area contributed by atoms with Crippen molar-refractivity contribution in [3.8, 4) is 0 Å². The van der Waals surface area contributed by atoms with Crippen LogP contribution < -0.4 is 10.5 Å². The molecule has 0 saturated heterocycles. The molecule has 0 aliphatic heterocycles. The Hall–Kier alpha value is -0.540. The molecule has 1 fully saturated rings. The van der Waals surface area contributed by atoms with Crippen LogP contribution in [0, 0.1) is 0 Å². The topological polar surface area (TPSA) is 75.4 Å². The number of thiocarbonyl (C=S) groups is 1. The molecule has 1 aliphatic carbocycles.